The quantitative estimate of drug-likeness (QED) is 0.947. The Balaban J connectivity index is 2.19. The Morgan fingerprint density at radius 2 is 2.05 bits per heavy atom. The van der Waals surface area contributed by atoms with Gasteiger partial charge in [0.15, 0.2) is 10.3 Å². The molecule has 0 saturated carbocycles. The third kappa shape index (κ3) is 3.05. The second-order valence-corrected chi connectivity index (χ2v) is 4.96. The molecule has 0 bridgehead atoms. The van der Waals surface area contributed by atoms with Crippen molar-refractivity contribution < 1.29 is 4.79 Å². The summed E-state index contributed by atoms with van der Waals surface area (Å²) < 4.78 is 1.55. The molecule has 0 atom stereocenters. The number of anilines is 1. The van der Waals surface area contributed by atoms with Gasteiger partial charge in [0.1, 0.15) is 12.1 Å². The van der Waals surface area contributed by atoms with Gasteiger partial charge >= 0.3 is 0 Å². The summed E-state index contributed by atoms with van der Waals surface area (Å²) in [7, 11) is 0. The molecule has 100 valence electrons. The van der Waals surface area contributed by atoms with Crippen molar-refractivity contribution in [2.75, 3.05) is 5.32 Å². The summed E-state index contributed by atoms with van der Waals surface area (Å²) in [6, 6.07) is 3.46. The van der Waals surface area contributed by atoms with Crippen molar-refractivity contribution in [1.29, 1.82) is 0 Å². The van der Waals surface area contributed by atoms with E-state index in [1.54, 1.807) is 22.9 Å². The number of pyridine rings is 1. The van der Waals surface area contributed by atoms with E-state index < -0.39 is 0 Å². The van der Waals surface area contributed by atoms with Crippen LogP contribution in [0, 0.1) is 5.92 Å². The van der Waals surface area contributed by atoms with E-state index in [4.69, 9.17) is 23.2 Å². The normalized spacial score (nSPS) is 10.8. The molecule has 0 aliphatic rings. The van der Waals surface area contributed by atoms with Gasteiger partial charge in [0.25, 0.3) is 0 Å². The van der Waals surface area contributed by atoms with Crippen LogP contribution in [0.5, 0.6) is 0 Å². The molecule has 0 aliphatic heterocycles. The number of imidazole rings is 1. The number of carbonyl (C=O) groups is 1. The molecule has 0 aromatic carbocycles. The smallest absolute Gasteiger partial charge is 0.226 e. The molecule has 7 heteroatoms. The molecule has 0 saturated heterocycles. The number of nitrogens with one attached hydrogen (secondary N) is 1. The molecule has 19 heavy (non-hydrogen) atoms. The molecule has 0 aliphatic carbocycles. The first-order chi connectivity index (χ1) is 8.99. The lowest BCUT2D eigenvalue weighted by Crippen LogP contribution is -2.17. The van der Waals surface area contributed by atoms with E-state index in [1.807, 2.05) is 13.8 Å². The maximum absolute atomic E-state index is 11.5. The van der Waals surface area contributed by atoms with Gasteiger partial charge in [0.05, 0.1) is 11.9 Å². The number of rotatable bonds is 3. The summed E-state index contributed by atoms with van der Waals surface area (Å²) in [5.41, 5.74) is 0.629. The van der Waals surface area contributed by atoms with E-state index in [0.29, 0.717) is 16.7 Å². The van der Waals surface area contributed by atoms with Crippen LogP contribution in [0.4, 0.5) is 5.69 Å². The van der Waals surface area contributed by atoms with Gasteiger partial charge in [-0.05, 0) is 12.1 Å². The Morgan fingerprint density at radius 1 is 1.32 bits per heavy atom. The average Bonchev–Trinajstić information content (AvgIpc) is 2.71. The Kier molecular flexibility index (Phi) is 4.07. The predicted octanol–water partition coefficient (Wildman–Crippen LogP) is 3.17. The third-order valence-electron chi connectivity index (χ3n) is 2.45. The highest BCUT2D eigenvalue weighted by atomic mass is 35.5. The first kappa shape index (κ1) is 13.8. The lowest BCUT2D eigenvalue weighted by Gasteiger charge is -2.08. The molecule has 1 N–H and O–H groups in total. The van der Waals surface area contributed by atoms with Crippen LogP contribution >= 0.6 is 23.2 Å². The van der Waals surface area contributed by atoms with Crippen LogP contribution in [0.15, 0.2) is 24.7 Å². The van der Waals surface area contributed by atoms with Gasteiger partial charge in [-0.25, -0.2) is 9.97 Å². The van der Waals surface area contributed by atoms with E-state index in [9.17, 15) is 4.79 Å². The van der Waals surface area contributed by atoms with Crippen LogP contribution in [-0.2, 0) is 4.79 Å². The minimum absolute atomic E-state index is 0.0572. The molecular formula is C12H12Cl2N4O. The number of hydrogen-bond acceptors (Lipinski definition) is 3. The monoisotopic (exact) mass is 298 g/mol. The topological polar surface area (TPSA) is 59.8 Å². The fourth-order valence-corrected chi connectivity index (χ4v) is 1.67. The van der Waals surface area contributed by atoms with Crippen molar-refractivity contribution in [1.82, 2.24) is 14.5 Å². The zero-order valence-electron chi connectivity index (χ0n) is 10.4. The average molecular weight is 299 g/mol. The highest BCUT2D eigenvalue weighted by Crippen LogP contribution is 2.23. The van der Waals surface area contributed by atoms with Crippen LogP contribution in [-0.4, -0.2) is 20.4 Å². The second kappa shape index (κ2) is 5.59. The first-order valence-electron chi connectivity index (χ1n) is 5.64. The van der Waals surface area contributed by atoms with Gasteiger partial charge in [-0.2, -0.15) is 0 Å². The Bertz CT molecular complexity index is 592. The third-order valence-corrected chi connectivity index (χ3v) is 3.19. The molecule has 0 unspecified atom stereocenters. The minimum atomic E-state index is -0.0819. The fourth-order valence-electron chi connectivity index (χ4n) is 1.36. The summed E-state index contributed by atoms with van der Waals surface area (Å²) in [5, 5.41) is 3.28. The highest BCUT2D eigenvalue weighted by Gasteiger charge is 2.10. The summed E-state index contributed by atoms with van der Waals surface area (Å²) in [4.78, 5) is 19.6. The maximum atomic E-state index is 11.5. The van der Waals surface area contributed by atoms with Gasteiger partial charge in [-0.15, -0.1) is 0 Å². The van der Waals surface area contributed by atoms with E-state index in [2.05, 4.69) is 15.3 Å². The largest absolute Gasteiger partial charge is 0.325 e. The van der Waals surface area contributed by atoms with Crippen molar-refractivity contribution in [3.05, 3.63) is 35.0 Å². The summed E-state index contributed by atoms with van der Waals surface area (Å²) in [6.07, 6.45) is 3.04. The molecule has 2 aromatic heterocycles. The van der Waals surface area contributed by atoms with Crippen LogP contribution < -0.4 is 5.32 Å². The van der Waals surface area contributed by atoms with Crippen LogP contribution in [0.1, 0.15) is 13.8 Å². The Morgan fingerprint density at radius 3 is 2.53 bits per heavy atom. The zero-order valence-corrected chi connectivity index (χ0v) is 11.9. The van der Waals surface area contributed by atoms with Crippen molar-refractivity contribution in [2.45, 2.75) is 13.8 Å². The van der Waals surface area contributed by atoms with E-state index in [1.165, 1.54) is 6.33 Å². The molecule has 0 spiro atoms. The van der Waals surface area contributed by atoms with Gasteiger partial charge < -0.3 is 5.32 Å². The SMILES string of the molecule is CC(C)C(=O)Nc1ccc(-n2cnc(Cl)c2Cl)nc1. The molecule has 1 amide bonds. The fraction of sp³-hybridized carbons (Fsp3) is 0.250. The molecule has 5 nitrogen and oxygen atoms in total. The van der Waals surface area contributed by atoms with Gasteiger partial charge in [0.2, 0.25) is 5.91 Å². The van der Waals surface area contributed by atoms with Crippen molar-refractivity contribution >= 4 is 34.8 Å². The van der Waals surface area contributed by atoms with Crippen molar-refractivity contribution in [2.24, 2.45) is 5.92 Å². The molecule has 2 aromatic rings. The molecule has 0 fully saturated rings. The Labute approximate surface area is 120 Å². The van der Waals surface area contributed by atoms with E-state index in [0.717, 1.165) is 0 Å². The first-order valence-corrected chi connectivity index (χ1v) is 6.40. The van der Waals surface area contributed by atoms with Gasteiger partial charge in [-0.1, -0.05) is 37.0 Å². The number of amides is 1. The van der Waals surface area contributed by atoms with Crippen molar-refractivity contribution in [3.63, 3.8) is 0 Å². The number of nitrogens with zero attached hydrogens (tertiary/aromatic N) is 3. The van der Waals surface area contributed by atoms with E-state index in [-0.39, 0.29) is 17.0 Å². The Hall–Kier alpha value is -1.59. The lowest BCUT2D eigenvalue weighted by atomic mass is 10.2. The van der Waals surface area contributed by atoms with E-state index >= 15 is 0 Å². The molecular weight excluding hydrogens is 287 g/mol. The highest BCUT2D eigenvalue weighted by molar-refractivity contribution is 6.40. The predicted molar refractivity (Wildman–Crippen MR) is 74.8 cm³/mol. The standard InChI is InChI=1S/C12H12Cl2N4O/c1-7(2)12(19)17-8-3-4-9(15-5-8)18-6-16-10(13)11(18)14/h3-7H,1-2H3,(H,17,19). The molecule has 0 radical (unpaired) electrons. The second-order valence-electron chi connectivity index (χ2n) is 4.25. The van der Waals surface area contributed by atoms with Gasteiger partial charge in [0, 0.05) is 5.92 Å². The maximum Gasteiger partial charge on any atom is 0.226 e. The van der Waals surface area contributed by atoms with Crippen LogP contribution in [0.3, 0.4) is 0 Å². The number of carbonyl (C=O) groups excluding carboxylic acids is 1. The molecule has 2 heterocycles. The minimum Gasteiger partial charge on any atom is -0.325 e. The summed E-state index contributed by atoms with van der Waals surface area (Å²) in [5.74, 6) is 0.437. The summed E-state index contributed by atoms with van der Waals surface area (Å²) >= 11 is 11.7. The van der Waals surface area contributed by atoms with Gasteiger partial charge in [-0.3, -0.25) is 9.36 Å². The van der Waals surface area contributed by atoms with Crippen LogP contribution in [0.25, 0.3) is 5.82 Å². The lowest BCUT2D eigenvalue weighted by molar-refractivity contribution is -0.118. The number of hydrogen-bond donors (Lipinski definition) is 1. The zero-order chi connectivity index (χ0) is 14.0. The number of aromatic nitrogens is 3. The van der Waals surface area contributed by atoms with Crippen LogP contribution in [0.2, 0.25) is 10.3 Å². The molecule has 2 rings (SSSR count). The van der Waals surface area contributed by atoms with Crippen molar-refractivity contribution in [3.8, 4) is 5.82 Å². The summed E-state index contributed by atoms with van der Waals surface area (Å²) in [6.45, 7) is 3.65. The number of halogens is 2.